The third-order valence-corrected chi connectivity index (χ3v) is 5.52. The smallest absolute Gasteiger partial charge is 0.337 e. The molecule has 10 heteroatoms. The number of carbonyl (C=O) groups is 5. The molecule has 4 atom stereocenters. The van der Waals surface area contributed by atoms with Gasteiger partial charge < -0.3 is 18.9 Å². The van der Waals surface area contributed by atoms with Crippen LogP contribution in [0.3, 0.4) is 0 Å². The predicted molar refractivity (Wildman–Crippen MR) is 101 cm³/mol. The number of esters is 3. The van der Waals surface area contributed by atoms with Gasteiger partial charge in [0.1, 0.15) is 0 Å². The number of hydrogen-bond acceptors (Lipinski definition) is 9. The Morgan fingerprint density at radius 3 is 2.39 bits per heavy atom. The van der Waals surface area contributed by atoms with Gasteiger partial charge in [0.25, 0.3) is 6.29 Å². The van der Waals surface area contributed by atoms with Crippen molar-refractivity contribution in [2.45, 2.75) is 31.8 Å². The van der Waals surface area contributed by atoms with Gasteiger partial charge in [-0.1, -0.05) is 12.1 Å². The van der Waals surface area contributed by atoms with E-state index in [1.807, 2.05) is 0 Å². The molecule has 4 rings (SSSR count). The zero-order valence-electron chi connectivity index (χ0n) is 16.9. The largest absolute Gasteiger partial charge is 0.465 e. The van der Waals surface area contributed by atoms with Crippen molar-refractivity contribution in [3.05, 3.63) is 42.0 Å². The highest BCUT2D eigenvalue weighted by Crippen LogP contribution is 2.54. The van der Waals surface area contributed by atoms with Gasteiger partial charge in [0, 0.05) is 13.8 Å². The van der Waals surface area contributed by atoms with Gasteiger partial charge in [0.05, 0.1) is 36.3 Å². The van der Waals surface area contributed by atoms with Gasteiger partial charge in [-0.15, -0.1) is 0 Å². The Morgan fingerprint density at radius 1 is 1.10 bits per heavy atom. The zero-order chi connectivity index (χ0) is 22.5. The van der Waals surface area contributed by atoms with Gasteiger partial charge in [-0.25, -0.2) is 9.69 Å². The standard InChI is InChI=1S/C21H19NO9/c1-10(23)29-20(30-11(2)24)21-8-7-14(31-21)15-16(21)18(26)22(17(15)25)13-6-4-5-12(9-13)19(27)28-3/h4-9,14-16,20H,1-3H3/t14-,15-,16+,21-/m0/s1. The molecule has 0 radical (unpaired) electrons. The summed E-state index contributed by atoms with van der Waals surface area (Å²) in [6, 6.07) is 5.91. The number of rotatable bonds is 5. The summed E-state index contributed by atoms with van der Waals surface area (Å²) in [5, 5.41) is 0. The zero-order valence-corrected chi connectivity index (χ0v) is 16.9. The molecule has 162 valence electrons. The minimum atomic E-state index is -1.63. The molecule has 3 aliphatic rings. The van der Waals surface area contributed by atoms with Crippen LogP contribution < -0.4 is 4.90 Å². The minimum Gasteiger partial charge on any atom is -0.465 e. The first-order valence-corrected chi connectivity index (χ1v) is 9.47. The minimum absolute atomic E-state index is 0.169. The van der Waals surface area contributed by atoms with E-state index >= 15 is 0 Å². The van der Waals surface area contributed by atoms with E-state index in [0.29, 0.717) is 0 Å². The molecule has 0 saturated carbocycles. The fourth-order valence-electron chi connectivity index (χ4n) is 4.36. The summed E-state index contributed by atoms with van der Waals surface area (Å²) in [5.74, 6) is -5.24. The number of amides is 2. The molecule has 1 aromatic rings. The molecule has 2 fully saturated rings. The molecule has 3 aliphatic heterocycles. The second-order valence-corrected chi connectivity index (χ2v) is 7.40. The lowest BCUT2D eigenvalue weighted by molar-refractivity contribution is -0.226. The fraction of sp³-hybridized carbons (Fsp3) is 0.381. The molecule has 0 unspecified atom stereocenters. The van der Waals surface area contributed by atoms with Gasteiger partial charge in [0.2, 0.25) is 11.8 Å². The van der Waals surface area contributed by atoms with Crippen LogP contribution in [0.1, 0.15) is 24.2 Å². The number of hydrogen-bond donors (Lipinski definition) is 0. The van der Waals surface area contributed by atoms with Crippen molar-refractivity contribution in [1.82, 2.24) is 0 Å². The van der Waals surface area contributed by atoms with E-state index in [1.54, 1.807) is 6.08 Å². The van der Waals surface area contributed by atoms with Gasteiger partial charge in [0.15, 0.2) is 5.60 Å². The summed E-state index contributed by atoms with van der Waals surface area (Å²) in [6.45, 7) is 2.25. The highest BCUT2D eigenvalue weighted by atomic mass is 16.7. The Morgan fingerprint density at radius 2 is 1.77 bits per heavy atom. The first-order valence-electron chi connectivity index (χ1n) is 9.47. The maximum Gasteiger partial charge on any atom is 0.337 e. The van der Waals surface area contributed by atoms with Crippen LogP contribution in [0.2, 0.25) is 0 Å². The lowest BCUT2D eigenvalue weighted by atomic mass is 9.76. The SMILES string of the molecule is COC(=O)c1cccc(N2C(=O)[C@H]3[C@@H]4C=C[C@](C(OC(C)=O)OC(C)=O)(O4)[C@H]3C2=O)c1. The van der Waals surface area contributed by atoms with Gasteiger partial charge >= 0.3 is 17.9 Å². The first-order chi connectivity index (χ1) is 14.7. The quantitative estimate of drug-likeness (QED) is 0.288. The number of benzene rings is 1. The molecule has 1 aromatic carbocycles. The van der Waals surface area contributed by atoms with Gasteiger partial charge in [-0.2, -0.15) is 0 Å². The topological polar surface area (TPSA) is 126 Å². The number of carbonyl (C=O) groups excluding carboxylic acids is 5. The number of ether oxygens (including phenoxy) is 4. The molecule has 0 aromatic heterocycles. The highest BCUT2D eigenvalue weighted by Gasteiger charge is 2.72. The van der Waals surface area contributed by atoms with E-state index in [4.69, 9.17) is 18.9 Å². The summed E-state index contributed by atoms with van der Waals surface area (Å²) in [7, 11) is 1.22. The number of nitrogens with zero attached hydrogens (tertiary/aromatic N) is 1. The molecule has 31 heavy (non-hydrogen) atoms. The van der Waals surface area contributed by atoms with E-state index < -0.39 is 59.6 Å². The molecule has 0 aliphatic carbocycles. The van der Waals surface area contributed by atoms with Crippen LogP contribution in [-0.4, -0.2) is 54.8 Å². The van der Waals surface area contributed by atoms with Crippen LogP contribution in [0.4, 0.5) is 5.69 Å². The van der Waals surface area contributed by atoms with Crippen molar-refractivity contribution in [3.63, 3.8) is 0 Å². The van der Waals surface area contributed by atoms with Crippen LogP contribution in [0.5, 0.6) is 0 Å². The summed E-state index contributed by atoms with van der Waals surface area (Å²) >= 11 is 0. The van der Waals surface area contributed by atoms with E-state index in [9.17, 15) is 24.0 Å². The van der Waals surface area contributed by atoms with Crippen molar-refractivity contribution in [2.24, 2.45) is 11.8 Å². The molecule has 2 saturated heterocycles. The maximum atomic E-state index is 13.4. The van der Waals surface area contributed by atoms with Crippen molar-refractivity contribution in [1.29, 1.82) is 0 Å². The van der Waals surface area contributed by atoms with Gasteiger partial charge in [-0.3, -0.25) is 19.2 Å². The Kier molecular flexibility index (Phi) is 4.89. The van der Waals surface area contributed by atoms with Gasteiger partial charge in [-0.05, 0) is 24.3 Å². The Hall–Kier alpha value is -3.53. The molecule has 3 heterocycles. The molecular weight excluding hydrogens is 410 g/mol. The predicted octanol–water partition coefficient (Wildman–Crippen LogP) is 0.738. The number of fused-ring (bicyclic) bond motifs is 5. The van der Waals surface area contributed by atoms with Crippen molar-refractivity contribution in [2.75, 3.05) is 12.0 Å². The molecule has 2 amide bonds. The van der Waals surface area contributed by atoms with Crippen molar-refractivity contribution in [3.8, 4) is 0 Å². The maximum absolute atomic E-state index is 13.4. The molecule has 2 bridgehead atoms. The monoisotopic (exact) mass is 429 g/mol. The average molecular weight is 429 g/mol. The van der Waals surface area contributed by atoms with Crippen molar-refractivity contribution >= 4 is 35.4 Å². The second-order valence-electron chi connectivity index (χ2n) is 7.40. The molecule has 10 nitrogen and oxygen atoms in total. The van der Waals surface area contributed by atoms with Crippen LogP contribution in [0, 0.1) is 11.8 Å². The third-order valence-electron chi connectivity index (χ3n) is 5.52. The first kappa shape index (κ1) is 20.7. The lowest BCUT2D eigenvalue weighted by Crippen LogP contribution is -2.52. The molecule has 0 spiro atoms. The summed E-state index contributed by atoms with van der Waals surface area (Å²) < 4.78 is 20.9. The number of methoxy groups -OCH3 is 1. The highest BCUT2D eigenvalue weighted by molar-refractivity contribution is 6.23. The number of imide groups is 1. The fourth-order valence-corrected chi connectivity index (χ4v) is 4.36. The molecular formula is C21H19NO9. The van der Waals surface area contributed by atoms with E-state index in [1.165, 1.54) is 37.5 Å². The Labute approximate surface area is 176 Å². The van der Waals surface area contributed by atoms with Crippen LogP contribution in [0.15, 0.2) is 36.4 Å². The van der Waals surface area contributed by atoms with E-state index in [-0.39, 0.29) is 11.3 Å². The summed E-state index contributed by atoms with van der Waals surface area (Å²) in [6.07, 6.45) is 0.774. The summed E-state index contributed by atoms with van der Waals surface area (Å²) in [4.78, 5) is 62.7. The van der Waals surface area contributed by atoms with E-state index in [2.05, 4.69) is 0 Å². The normalized spacial score (nSPS) is 28.1. The van der Waals surface area contributed by atoms with Crippen molar-refractivity contribution < 1.29 is 42.9 Å². The Bertz CT molecular complexity index is 1020. The van der Waals surface area contributed by atoms with E-state index in [0.717, 1.165) is 18.7 Å². The van der Waals surface area contributed by atoms with Crippen LogP contribution in [0.25, 0.3) is 0 Å². The molecule has 0 N–H and O–H groups in total. The average Bonchev–Trinajstić information content (AvgIpc) is 3.37. The Balaban J connectivity index is 1.73. The lowest BCUT2D eigenvalue weighted by Gasteiger charge is -2.34. The number of anilines is 1. The third kappa shape index (κ3) is 3.10. The van der Waals surface area contributed by atoms with Crippen LogP contribution >= 0.6 is 0 Å². The summed E-state index contributed by atoms with van der Waals surface area (Å²) in [5.41, 5.74) is -1.27. The second kappa shape index (κ2) is 7.31. The van der Waals surface area contributed by atoms with Crippen LogP contribution in [-0.2, 0) is 38.1 Å².